The number of methoxy groups -OCH3 is 1. The normalized spacial score (nSPS) is 10.2. The first-order chi connectivity index (χ1) is 12.7. The minimum atomic E-state index is -0.431. The number of aromatic nitrogens is 2. The van der Waals surface area contributed by atoms with E-state index in [1.165, 1.54) is 4.68 Å². The number of nitrogens with one attached hydrogen (secondary N) is 1. The first kappa shape index (κ1) is 17.1. The fraction of sp³-hybridized carbons (Fsp3) is 0.167. The van der Waals surface area contributed by atoms with E-state index >= 15 is 0 Å². The van der Waals surface area contributed by atoms with E-state index in [9.17, 15) is 4.79 Å². The third-order valence-corrected chi connectivity index (χ3v) is 3.42. The molecule has 0 atom stereocenters. The lowest BCUT2D eigenvalue weighted by atomic mass is 10.3. The monoisotopic (exact) mass is 352 g/mol. The van der Waals surface area contributed by atoms with E-state index in [0.29, 0.717) is 23.1 Å². The number of ether oxygens (including phenoxy) is 2. The first-order valence-electron chi connectivity index (χ1n) is 7.75. The Hall–Kier alpha value is -3.73. The van der Waals surface area contributed by atoms with Crippen molar-refractivity contribution in [2.45, 2.75) is 13.2 Å². The largest absolute Gasteiger partial charge is 0.497 e. The number of carbonyl (C=O) groups excluding carboxylic acids is 1. The van der Waals surface area contributed by atoms with Crippen LogP contribution in [0.1, 0.15) is 16.3 Å². The average Bonchev–Trinajstić information content (AvgIpc) is 3.30. The van der Waals surface area contributed by atoms with Gasteiger partial charge in [0.05, 0.1) is 13.2 Å². The van der Waals surface area contributed by atoms with Gasteiger partial charge in [0.1, 0.15) is 30.4 Å². The van der Waals surface area contributed by atoms with Crippen LogP contribution in [-0.4, -0.2) is 22.8 Å². The van der Waals surface area contributed by atoms with E-state index in [4.69, 9.17) is 19.2 Å². The molecule has 8 heteroatoms. The molecule has 1 amide bonds. The van der Waals surface area contributed by atoms with Gasteiger partial charge in [0.25, 0.3) is 5.91 Å². The van der Waals surface area contributed by atoms with Crippen molar-refractivity contribution in [1.82, 2.24) is 9.78 Å². The highest BCUT2D eigenvalue weighted by Crippen LogP contribution is 2.20. The van der Waals surface area contributed by atoms with Gasteiger partial charge in [-0.25, -0.2) is 0 Å². The highest BCUT2D eigenvalue weighted by atomic mass is 16.5. The molecular weight excluding hydrogens is 336 g/mol. The Kier molecular flexibility index (Phi) is 5.19. The van der Waals surface area contributed by atoms with Gasteiger partial charge in [-0.05, 0) is 24.3 Å². The number of hydrogen-bond acceptors (Lipinski definition) is 6. The van der Waals surface area contributed by atoms with Gasteiger partial charge in [-0.2, -0.15) is 10.4 Å². The minimum Gasteiger partial charge on any atom is -0.497 e. The number of benzene rings is 1. The summed E-state index contributed by atoms with van der Waals surface area (Å²) in [7, 11) is 1.58. The second-order valence-corrected chi connectivity index (χ2v) is 5.24. The van der Waals surface area contributed by atoms with E-state index in [0.717, 1.165) is 0 Å². The van der Waals surface area contributed by atoms with Crippen molar-refractivity contribution in [1.29, 1.82) is 5.26 Å². The van der Waals surface area contributed by atoms with Crippen LogP contribution in [0.3, 0.4) is 0 Å². The summed E-state index contributed by atoms with van der Waals surface area (Å²) < 4.78 is 17.7. The quantitative estimate of drug-likeness (QED) is 0.701. The van der Waals surface area contributed by atoms with E-state index < -0.39 is 5.91 Å². The van der Waals surface area contributed by atoms with E-state index in [2.05, 4.69) is 10.4 Å². The Labute approximate surface area is 149 Å². The van der Waals surface area contributed by atoms with E-state index in [-0.39, 0.29) is 18.9 Å². The number of furan rings is 1. The Morgan fingerprint density at radius 3 is 2.96 bits per heavy atom. The molecule has 1 aromatic carbocycles. The second-order valence-electron chi connectivity index (χ2n) is 5.24. The maximum Gasteiger partial charge on any atom is 0.292 e. The van der Waals surface area contributed by atoms with Crippen molar-refractivity contribution in [2.24, 2.45) is 0 Å². The van der Waals surface area contributed by atoms with Crippen LogP contribution in [0.15, 0.2) is 53.1 Å². The number of nitrogens with zero attached hydrogens (tertiary/aromatic N) is 3. The number of hydrogen-bond donors (Lipinski definition) is 1. The molecule has 26 heavy (non-hydrogen) atoms. The molecule has 0 saturated heterocycles. The summed E-state index contributed by atoms with van der Waals surface area (Å²) >= 11 is 0. The summed E-state index contributed by atoms with van der Waals surface area (Å²) in [5.74, 6) is 1.89. The number of carbonyl (C=O) groups is 1. The first-order valence-corrected chi connectivity index (χ1v) is 7.75. The van der Waals surface area contributed by atoms with Crippen molar-refractivity contribution in [3.63, 3.8) is 0 Å². The van der Waals surface area contributed by atoms with Crippen molar-refractivity contribution in [2.75, 3.05) is 12.4 Å². The van der Waals surface area contributed by atoms with E-state index in [1.807, 2.05) is 18.2 Å². The van der Waals surface area contributed by atoms with E-state index in [1.54, 1.807) is 43.6 Å². The molecule has 0 unspecified atom stereocenters. The molecule has 3 rings (SSSR count). The lowest BCUT2D eigenvalue weighted by molar-refractivity contribution is 0.0992. The zero-order valence-electron chi connectivity index (χ0n) is 14.0. The molecule has 1 N–H and O–H groups in total. The molecule has 0 saturated carbocycles. The molecule has 0 aliphatic rings. The van der Waals surface area contributed by atoms with Crippen molar-refractivity contribution < 1.29 is 18.7 Å². The fourth-order valence-corrected chi connectivity index (χ4v) is 2.19. The van der Waals surface area contributed by atoms with Gasteiger partial charge in [0.15, 0.2) is 11.6 Å². The molecule has 0 radical (unpaired) electrons. The molecule has 0 aliphatic heterocycles. The summed E-state index contributed by atoms with van der Waals surface area (Å²) in [6.45, 7) is 0.291. The van der Waals surface area contributed by atoms with Crippen molar-refractivity contribution in [3.8, 4) is 17.6 Å². The molecule has 2 aromatic heterocycles. The average molecular weight is 352 g/mol. The molecule has 0 bridgehead atoms. The minimum absolute atomic E-state index is 0.113. The number of nitriles is 1. The maximum absolute atomic E-state index is 12.2. The Bertz CT molecular complexity index is 939. The number of rotatable bonds is 7. The van der Waals surface area contributed by atoms with Gasteiger partial charge in [-0.3, -0.25) is 9.48 Å². The third-order valence-electron chi connectivity index (χ3n) is 3.42. The Morgan fingerprint density at radius 1 is 1.31 bits per heavy atom. The summed E-state index contributed by atoms with van der Waals surface area (Å²) in [5, 5.41) is 15.3. The fourth-order valence-electron chi connectivity index (χ4n) is 2.19. The topological polar surface area (TPSA) is 102 Å². The van der Waals surface area contributed by atoms with Gasteiger partial charge < -0.3 is 19.2 Å². The summed E-state index contributed by atoms with van der Waals surface area (Å²) in [6, 6.07) is 14.0. The predicted molar refractivity (Wildman–Crippen MR) is 91.8 cm³/mol. The van der Waals surface area contributed by atoms with Crippen LogP contribution in [0.5, 0.6) is 11.5 Å². The van der Waals surface area contributed by atoms with Gasteiger partial charge in [0.2, 0.25) is 0 Å². The van der Waals surface area contributed by atoms with Gasteiger partial charge >= 0.3 is 0 Å². The molecule has 3 aromatic rings. The van der Waals surface area contributed by atoms with Crippen LogP contribution in [0.4, 0.5) is 5.82 Å². The molecule has 8 nitrogen and oxygen atoms in total. The van der Waals surface area contributed by atoms with Gasteiger partial charge in [0, 0.05) is 18.3 Å². The smallest absolute Gasteiger partial charge is 0.292 e. The standard InChI is InChI=1S/C18H16N4O4/c1-24-13-3-2-4-14(11-13)25-12-15-5-6-16(26-15)18(23)20-17-7-9-22(21-17)10-8-19/h2-7,9,11H,10,12H2,1H3,(H,20,21,23). The summed E-state index contributed by atoms with van der Waals surface area (Å²) in [5.41, 5.74) is 0. The zero-order valence-corrected chi connectivity index (χ0v) is 14.0. The van der Waals surface area contributed by atoms with Crippen molar-refractivity contribution in [3.05, 3.63) is 60.2 Å². The van der Waals surface area contributed by atoms with Crippen LogP contribution in [0.25, 0.3) is 0 Å². The summed E-state index contributed by atoms with van der Waals surface area (Å²) in [6.07, 6.45) is 1.61. The Balaban J connectivity index is 1.58. The maximum atomic E-state index is 12.2. The molecule has 132 valence electrons. The third kappa shape index (κ3) is 4.21. The van der Waals surface area contributed by atoms with Gasteiger partial charge in [-0.15, -0.1) is 0 Å². The lowest BCUT2D eigenvalue weighted by Gasteiger charge is -2.06. The Morgan fingerprint density at radius 2 is 2.15 bits per heavy atom. The van der Waals surface area contributed by atoms with Crippen molar-refractivity contribution >= 4 is 11.7 Å². The second kappa shape index (κ2) is 7.90. The molecule has 0 spiro atoms. The molecule has 2 heterocycles. The molecule has 0 aliphatic carbocycles. The number of anilines is 1. The summed E-state index contributed by atoms with van der Waals surface area (Å²) in [4.78, 5) is 12.2. The van der Waals surface area contributed by atoms with Crippen LogP contribution < -0.4 is 14.8 Å². The zero-order chi connectivity index (χ0) is 18.4. The lowest BCUT2D eigenvalue weighted by Crippen LogP contribution is -2.11. The van der Waals surface area contributed by atoms with Gasteiger partial charge in [-0.1, -0.05) is 6.07 Å². The van der Waals surface area contributed by atoms with Crippen LogP contribution >= 0.6 is 0 Å². The predicted octanol–water partition coefficient (Wildman–Crippen LogP) is 2.84. The van der Waals surface area contributed by atoms with Crippen LogP contribution in [0, 0.1) is 11.3 Å². The van der Waals surface area contributed by atoms with Crippen LogP contribution in [-0.2, 0) is 13.2 Å². The SMILES string of the molecule is COc1cccc(OCc2ccc(C(=O)Nc3ccn(CC#N)n3)o2)c1. The highest BCUT2D eigenvalue weighted by molar-refractivity contribution is 6.01. The highest BCUT2D eigenvalue weighted by Gasteiger charge is 2.13. The number of amides is 1. The molecular formula is C18H16N4O4. The van der Waals surface area contributed by atoms with Crippen LogP contribution in [0.2, 0.25) is 0 Å². The molecule has 0 fully saturated rings.